The summed E-state index contributed by atoms with van der Waals surface area (Å²) in [6, 6.07) is 0. The molecule has 0 N–H and O–H groups in total. The molecule has 0 saturated carbocycles. The van der Waals surface area contributed by atoms with Crippen LogP contribution in [0.1, 0.15) is 20.8 Å². The van der Waals surface area contributed by atoms with Crippen molar-refractivity contribution in [2.75, 3.05) is 0 Å². The summed E-state index contributed by atoms with van der Waals surface area (Å²) in [6.07, 6.45) is 16.2. The first-order chi connectivity index (χ1) is 8.19. The average Bonchev–Trinajstić information content (AvgIpc) is 2.35. The summed E-state index contributed by atoms with van der Waals surface area (Å²) in [4.78, 5) is 11.8. The van der Waals surface area contributed by atoms with Crippen molar-refractivity contribution in [3.8, 4) is 0 Å². The van der Waals surface area contributed by atoms with E-state index in [1.54, 1.807) is 24.3 Å². The predicted octanol–water partition coefficient (Wildman–Crippen LogP) is 4.32. The van der Waals surface area contributed by atoms with Crippen molar-refractivity contribution >= 4 is 5.78 Å². The van der Waals surface area contributed by atoms with E-state index in [1.165, 1.54) is 0 Å². The molecule has 0 atom stereocenters. The van der Waals surface area contributed by atoms with Gasteiger partial charge in [0.25, 0.3) is 0 Å². The van der Waals surface area contributed by atoms with E-state index in [4.69, 9.17) is 0 Å². The maximum Gasteiger partial charge on any atom is 0.185 e. The first-order valence-corrected chi connectivity index (χ1v) is 5.66. The lowest BCUT2D eigenvalue weighted by atomic mass is 10.1. The minimum atomic E-state index is -0.0399. The third kappa shape index (κ3) is 6.31. The summed E-state index contributed by atoms with van der Waals surface area (Å²) in [7, 11) is 0. The Morgan fingerprint density at radius 2 is 1.71 bits per heavy atom. The Hall–Kier alpha value is -1.89. The number of hydrogen-bond acceptors (Lipinski definition) is 1. The molecule has 0 aromatic carbocycles. The van der Waals surface area contributed by atoms with E-state index >= 15 is 0 Å². The fraction of sp³-hybridized carbons (Fsp3) is 0.188. The first-order valence-electron chi connectivity index (χ1n) is 5.66. The molecule has 0 rings (SSSR count). The Morgan fingerprint density at radius 1 is 1.00 bits per heavy atom. The molecule has 0 heterocycles. The largest absolute Gasteiger partial charge is 0.289 e. The molecule has 17 heavy (non-hydrogen) atoms. The second kappa shape index (κ2) is 9.34. The van der Waals surface area contributed by atoms with Gasteiger partial charge in [-0.3, -0.25) is 4.79 Å². The molecular weight excluding hydrogens is 208 g/mol. The molecule has 0 aromatic rings. The number of rotatable bonds is 6. The highest BCUT2D eigenvalue weighted by molar-refractivity contribution is 6.06. The van der Waals surface area contributed by atoms with Gasteiger partial charge in [-0.25, -0.2) is 0 Å². The zero-order valence-corrected chi connectivity index (χ0v) is 10.8. The van der Waals surface area contributed by atoms with E-state index in [2.05, 4.69) is 6.58 Å². The van der Waals surface area contributed by atoms with E-state index in [-0.39, 0.29) is 5.78 Å². The number of carbonyl (C=O) groups excluding carboxylic acids is 1. The minimum Gasteiger partial charge on any atom is -0.289 e. The minimum absolute atomic E-state index is 0.0399. The van der Waals surface area contributed by atoms with Crippen molar-refractivity contribution < 1.29 is 4.79 Å². The molecule has 0 aromatic heterocycles. The zero-order chi connectivity index (χ0) is 13.1. The van der Waals surface area contributed by atoms with Crippen molar-refractivity contribution in [3.63, 3.8) is 0 Å². The molecule has 0 fully saturated rings. The van der Waals surface area contributed by atoms with E-state index in [0.29, 0.717) is 5.57 Å². The lowest BCUT2D eigenvalue weighted by Gasteiger charge is -1.95. The van der Waals surface area contributed by atoms with Gasteiger partial charge < -0.3 is 0 Å². The number of allylic oxidation sites excluding steroid dienone is 11. The van der Waals surface area contributed by atoms with Gasteiger partial charge in [-0.2, -0.15) is 0 Å². The number of hydrogen-bond donors (Lipinski definition) is 0. The van der Waals surface area contributed by atoms with E-state index in [0.717, 1.165) is 5.57 Å². The number of carbonyl (C=O) groups is 1. The summed E-state index contributed by atoms with van der Waals surface area (Å²) >= 11 is 0. The molecule has 0 unspecified atom stereocenters. The lowest BCUT2D eigenvalue weighted by Crippen LogP contribution is -1.95. The molecule has 0 amide bonds. The predicted molar refractivity (Wildman–Crippen MR) is 75.8 cm³/mol. The van der Waals surface area contributed by atoms with Crippen molar-refractivity contribution in [2.45, 2.75) is 20.8 Å². The van der Waals surface area contributed by atoms with E-state index in [1.807, 2.05) is 51.2 Å². The monoisotopic (exact) mass is 228 g/mol. The van der Waals surface area contributed by atoms with Crippen LogP contribution in [0.2, 0.25) is 0 Å². The van der Waals surface area contributed by atoms with Crippen LogP contribution in [-0.4, -0.2) is 5.78 Å². The van der Waals surface area contributed by atoms with Gasteiger partial charge in [0.05, 0.1) is 0 Å². The van der Waals surface area contributed by atoms with Crippen LogP contribution in [0.25, 0.3) is 0 Å². The molecule has 1 heteroatoms. The number of ketones is 1. The topological polar surface area (TPSA) is 17.1 Å². The van der Waals surface area contributed by atoms with Crippen LogP contribution >= 0.6 is 0 Å². The molecule has 0 aliphatic carbocycles. The summed E-state index contributed by atoms with van der Waals surface area (Å²) in [5, 5.41) is 0. The van der Waals surface area contributed by atoms with E-state index < -0.39 is 0 Å². The van der Waals surface area contributed by atoms with E-state index in [9.17, 15) is 4.79 Å². The fourth-order valence-corrected chi connectivity index (χ4v) is 1.16. The Kier molecular flexibility index (Phi) is 8.31. The van der Waals surface area contributed by atoms with Gasteiger partial charge in [0.15, 0.2) is 5.78 Å². The summed E-state index contributed by atoms with van der Waals surface area (Å²) < 4.78 is 0. The smallest absolute Gasteiger partial charge is 0.185 e. The van der Waals surface area contributed by atoms with Crippen LogP contribution in [0, 0.1) is 0 Å². The van der Waals surface area contributed by atoms with Crippen LogP contribution < -0.4 is 0 Å². The molecule has 0 spiro atoms. The SMILES string of the molecule is C=C/C(=C\C=C/C)C(=O)/C=C/C(/C=C\C)=C/C. The molecule has 0 aliphatic heterocycles. The molecule has 0 aliphatic rings. The first kappa shape index (κ1) is 15.1. The summed E-state index contributed by atoms with van der Waals surface area (Å²) in [5.41, 5.74) is 1.60. The van der Waals surface area contributed by atoms with Crippen molar-refractivity contribution in [1.29, 1.82) is 0 Å². The van der Waals surface area contributed by atoms with Gasteiger partial charge in [-0.1, -0.05) is 55.2 Å². The van der Waals surface area contributed by atoms with Crippen LogP contribution in [0.5, 0.6) is 0 Å². The second-order valence-electron chi connectivity index (χ2n) is 3.34. The molecular formula is C16H20O. The van der Waals surface area contributed by atoms with Crippen molar-refractivity contribution in [3.05, 3.63) is 72.4 Å². The third-order valence-corrected chi connectivity index (χ3v) is 2.09. The Balaban J connectivity index is 4.84. The Labute approximate surface area is 104 Å². The van der Waals surface area contributed by atoms with Crippen molar-refractivity contribution in [2.24, 2.45) is 0 Å². The molecule has 90 valence electrons. The van der Waals surface area contributed by atoms with Crippen LogP contribution in [0.3, 0.4) is 0 Å². The third-order valence-electron chi connectivity index (χ3n) is 2.09. The standard InChI is InChI=1S/C16H20O/c1-5-9-11-15(8-4)16(17)13-12-14(7-3)10-6-2/h5-13H,4H2,1-3H3/b9-5-,10-6-,13-12+,14-7+,15-11+. The fourth-order valence-electron chi connectivity index (χ4n) is 1.16. The Bertz CT molecular complexity index is 401. The maximum absolute atomic E-state index is 11.8. The van der Waals surface area contributed by atoms with Crippen LogP contribution in [0.4, 0.5) is 0 Å². The van der Waals surface area contributed by atoms with Crippen LogP contribution in [-0.2, 0) is 4.79 Å². The maximum atomic E-state index is 11.8. The molecule has 0 bridgehead atoms. The van der Waals surface area contributed by atoms with Gasteiger partial charge >= 0.3 is 0 Å². The lowest BCUT2D eigenvalue weighted by molar-refractivity contribution is -0.111. The second-order valence-corrected chi connectivity index (χ2v) is 3.34. The highest BCUT2D eigenvalue weighted by atomic mass is 16.1. The van der Waals surface area contributed by atoms with Gasteiger partial charge in [-0.15, -0.1) is 0 Å². The summed E-state index contributed by atoms with van der Waals surface area (Å²) in [5.74, 6) is -0.0399. The molecule has 0 radical (unpaired) electrons. The average molecular weight is 228 g/mol. The molecule has 1 nitrogen and oxygen atoms in total. The van der Waals surface area contributed by atoms with Crippen LogP contribution in [0.15, 0.2) is 72.4 Å². The van der Waals surface area contributed by atoms with Gasteiger partial charge in [-0.05, 0) is 32.4 Å². The highest BCUT2D eigenvalue weighted by Crippen LogP contribution is 2.04. The quantitative estimate of drug-likeness (QED) is 0.488. The normalized spacial score (nSPS) is 14.1. The van der Waals surface area contributed by atoms with Crippen molar-refractivity contribution in [1.82, 2.24) is 0 Å². The van der Waals surface area contributed by atoms with Gasteiger partial charge in [0.1, 0.15) is 0 Å². The highest BCUT2D eigenvalue weighted by Gasteiger charge is 1.99. The van der Waals surface area contributed by atoms with Gasteiger partial charge in [0.2, 0.25) is 0 Å². The Morgan fingerprint density at radius 3 is 2.18 bits per heavy atom. The zero-order valence-electron chi connectivity index (χ0n) is 10.8. The molecule has 0 saturated heterocycles. The summed E-state index contributed by atoms with van der Waals surface area (Å²) in [6.45, 7) is 9.42. The van der Waals surface area contributed by atoms with Gasteiger partial charge in [0, 0.05) is 5.57 Å².